The average Bonchev–Trinajstić information content (AvgIpc) is 2.95. The summed E-state index contributed by atoms with van der Waals surface area (Å²) in [6.45, 7) is 4.67. The monoisotopic (exact) mass is 288 g/mol. The van der Waals surface area contributed by atoms with E-state index in [1.807, 2.05) is 43.4 Å². The van der Waals surface area contributed by atoms with E-state index in [0.717, 1.165) is 42.5 Å². The third-order valence-corrected chi connectivity index (χ3v) is 3.33. The number of para-hydroxylation sites is 2. The van der Waals surface area contributed by atoms with Crippen LogP contribution in [0.3, 0.4) is 0 Å². The van der Waals surface area contributed by atoms with E-state index in [-0.39, 0.29) is 0 Å². The van der Waals surface area contributed by atoms with Crippen LogP contribution in [0.4, 0.5) is 5.69 Å². The van der Waals surface area contributed by atoms with Crippen LogP contribution in [0.25, 0.3) is 0 Å². The van der Waals surface area contributed by atoms with Gasteiger partial charge in [-0.15, -0.1) is 0 Å². The standard InChI is InChI=1S/C17H24N2O2/c1-4-11-18-12-14-9-10-15(21-14)13-19(2)16-7-5-6-8-17(16)20-3/h5-10,18H,4,11-13H2,1-3H3. The van der Waals surface area contributed by atoms with Gasteiger partial charge in [-0.3, -0.25) is 0 Å². The second kappa shape index (κ2) is 7.74. The van der Waals surface area contributed by atoms with Gasteiger partial charge in [-0.2, -0.15) is 0 Å². The molecule has 0 aliphatic carbocycles. The van der Waals surface area contributed by atoms with Gasteiger partial charge in [0.2, 0.25) is 0 Å². The topological polar surface area (TPSA) is 37.6 Å². The van der Waals surface area contributed by atoms with E-state index in [1.54, 1.807) is 7.11 Å². The van der Waals surface area contributed by atoms with E-state index in [9.17, 15) is 0 Å². The van der Waals surface area contributed by atoms with Crippen molar-refractivity contribution in [3.63, 3.8) is 0 Å². The number of furan rings is 1. The van der Waals surface area contributed by atoms with Crippen LogP contribution in [-0.4, -0.2) is 20.7 Å². The molecule has 21 heavy (non-hydrogen) atoms. The molecule has 1 aromatic carbocycles. The van der Waals surface area contributed by atoms with E-state index >= 15 is 0 Å². The number of methoxy groups -OCH3 is 1. The predicted octanol–water partition coefficient (Wildman–Crippen LogP) is 3.42. The predicted molar refractivity (Wildman–Crippen MR) is 85.8 cm³/mol. The third-order valence-electron chi connectivity index (χ3n) is 3.33. The first kappa shape index (κ1) is 15.4. The number of benzene rings is 1. The molecule has 2 rings (SSSR count). The lowest BCUT2D eigenvalue weighted by Gasteiger charge is -2.20. The first-order chi connectivity index (χ1) is 10.2. The summed E-state index contributed by atoms with van der Waals surface area (Å²) >= 11 is 0. The van der Waals surface area contributed by atoms with Crippen molar-refractivity contribution in [3.8, 4) is 5.75 Å². The van der Waals surface area contributed by atoms with Crippen molar-refractivity contribution in [2.45, 2.75) is 26.4 Å². The molecule has 0 saturated heterocycles. The molecule has 0 atom stereocenters. The molecule has 0 unspecified atom stereocenters. The lowest BCUT2D eigenvalue weighted by Crippen LogP contribution is -2.16. The molecule has 0 spiro atoms. The highest BCUT2D eigenvalue weighted by Gasteiger charge is 2.10. The van der Waals surface area contributed by atoms with Gasteiger partial charge >= 0.3 is 0 Å². The zero-order valence-electron chi connectivity index (χ0n) is 13.1. The van der Waals surface area contributed by atoms with E-state index in [1.165, 1.54) is 0 Å². The van der Waals surface area contributed by atoms with E-state index in [2.05, 4.69) is 17.1 Å². The number of hydrogen-bond donors (Lipinski definition) is 1. The van der Waals surface area contributed by atoms with Gasteiger partial charge in [-0.25, -0.2) is 0 Å². The minimum atomic E-state index is 0.716. The Hall–Kier alpha value is -1.94. The fourth-order valence-electron chi connectivity index (χ4n) is 2.25. The molecule has 0 bridgehead atoms. The van der Waals surface area contributed by atoms with Crippen molar-refractivity contribution in [3.05, 3.63) is 47.9 Å². The third kappa shape index (κ3) is 4.26. The molecule has 2 aromatic rings. The van der Waals surface area contributed by atoms with Crippen LogP contribution >= 0.6 is 0 Å². The van der Waals surface area contributed by atoms with Crippen LogP contribution in [0.15, 0.2) is 40.8 Å². The molecule has 114 valence electrons. The molecular weight excluding hydrogens is 264 g/mol. The first-order valence-corrected chi connectivity index (χ1v) is 7.37. The van der Waals surface area contributed by atoms with Crippen LogP contribution in [0.1, 0.15) is 24.9 Å². The summed E-state index contributed by atoms with van der Waals surface area (Å²) in [5.41, 5.74) is 1.06. The molecule has 1 aromatic heterocycles. The lowest BCUT2D eigenvalue weighted by atomic mass is 10.2. The maximum absolute atomic E-state index is 5.85. The SMILES string of the molecule is CCCNCc1ccc(CN(C)c2ccccc2OC)o1. The zero-order valence-corrected chi connectivity index (χ0v) is 13.1. The Kier molecular flexibility index (Phi) is 5.69. The fraction of sp³-hybridized carbons (Fsp3) is 0.412. The van der Waals surface area contributed by atoms with Gasteiger partial charge < -0.3 is 19.4 Å². The van der Waals surface area contributed by atoms with E-state index in [0.29, 0.717) is 6.54 Å². The summed E-state index contributed by atoms with van der Waals surface area (Å²) < 4.78 is 11.2. The van der Waals surface area contributed by atoms with Crippen molar-refractivity contribution >= 4 is 5.69 Å². The Morgan fingerprint density at radius 1 is 1.14 bits per heavy atom. The summed E-state index contributed by atoms with van der Waals surface area (Å²) in [4.78, 5) is 2.13. The van der Waals surface area contributed by atoms with Crippen LogP contribution < -0.4 is 15.0 Å². The van der Waals surface area contributed by atoms with Crippen LogP contribution in [0.2, 0.25) is 0 Å². The Morgan fingerprint density at radius 3 is 2.67 bits per heavy atom. The maximum atomic E-state index is 5.85. The number of nitrogens with zero attached hydrogens (tertiary/aromatic N) is 1. The van der Waals surface area contributed by atoms with Gasteiger partial charge in [0, 0.05) is 7.05 Å². The van der Waals surface area contributed by atoms with Crippen LogP contribution in [0, 0.1) is 0 Å². The summed E-state index contributed by atoms with van der Waals surface area (Å²) in [5.74, 6) is 2.81. The van der Waals surface area contributed by atoms with E-state index < -0.39 is 0 Å². The molecule has 4 nitrogen and oxygen atoms in total. The Labute approximate surface area is 126 Å². The van der Waals surface area contributed by atoms with Crippen molar-refractivity contribution < 1.29 is 9.15 Å². The van der Waals surface area contributed by atoms with Gasteiger partial charge in [0.25, 0.3) is 0 Å². The fourth-order valence-corrected chi connectivity index (χ4v) is 2.25. The summed E-state index contributed by atoms with van der Waals surface area (Å²) in [6.07, 6.45) is 1.13. The highest BCUT2D eigenvalue weighted by molar-refractivity contribution is 5.57. The summed E-state index contributed by atoms with van der Waals surface area (Å²) in [5, 5.41) is 3.34. The summed E-state index contributed by atoms with van der Waals surface area (Å²) in [6, 6.07) is 12.1. The minimum Gasteiger partial charge on any atom is -0.495 e. The van der Waals surface area contributed by atoms with Crippen molar-refractivity contribution in [1.29, 1.82) is 0 Å². The van der Waals surface area contributed by atoms with Gasteiger partial charge in [0.1, 0.15) is 17.3 Å². The smallest absolute Gasteiger partial charge is 0.142 e. The number of ether oxygens (including phenoxy) is 1. The van der Waals surface area contributed by atoms with Gasteiger partial charge in [-0.05, 0) is 37.2 Å². The highest BCUT2D eigenvalue weighted by Crippen LogP contribution is 2.27. The molecule has 0 amide bonds. The number of hydrogen-bond acceptors (Lipinski definition) is 4. The minimum absolute atomic E-state index is 0.716. The van der Waals surface area contributed by atoms with Crippen LogP contribution in [-0.2, 0) is 13.1 Å². The molecule has 0 aliphatic rings. The molecule has 1 N–H and O–H groups in total. The molecule has 0 fully saturated rings. The second-order valence-corrected chi connectivity index (χ2v) is 5.07. The Morgan fingerprint density at radius 2 is 1.90 bits per heavy atom. The van der Waals surface area contributed by atoms with Crippen molar-refractivity contribution in [1.82, 2.24) is 5.32 Å². The molecule has 0 radical (unpaired) electrons. The quantitative estimate of drug-likeness (QED) is 0.755. The molecule has 1 heterocycles. The Balaban J connectivity index is 1.97. The second-order valence-electron chi connectivity index (χ2n) is 5.07. The number of anilines is 1. The van der Waals surface area contributed by atoms with Crippen molar-refractivity contribution in [2.75, 3.05) is 25.6 Å². The van der Waals surface area contributed by atoms with E-state index in [4.69, 9.17) is 9.15 Å². The number of rotatable bonds is 8. The van der Waals surface area contributed by atoms with Crippen LogP contribution in [0.5, 0.6) is 5.75 Å². The molecule has 0 saturated carbocycles. The normalized spacial score (nSPS) is 10.6. The average molecular weight is 288 g/mol. The van der Waals surface area contributed by atoms with Gasteiger partial charge in [-0.1, -0.05) is 19.1 Å². The lowest BCUT2D eigenvalue weighted by molar-refractivity contribution is 0.413. The van der Waals surface area contributed by atoms with Crippen molar-refractivity contribution in [2.24, 2.45) is 0 Å². The largest absolute Gasteiger partial charge is 0.495 e. The highest BCUT2D eigenvalue weighted by atomic mass is 16.5. The molecular formula is C17H24N2O2. The summed E-state index contributed by atoms with van der Waals surface area (Å²) in [7, 11) is 3.73. The first-order valence-electron chi connectivity index (χ1n) is 7.37. The van der Waals surface area contributed by atoms with Gasteiger partial charge in [0.15, 0.2) is 0 Å². The maximum Gasteiger partial charge on any atom is 0.142 e. The Bertz CT molecular complexity index is 551. The molecule has 0 aliphatic heterocycles. The number of nitrogens with one attached hydrogen (secondary N) is 1. The molecule has 4 heteroatoms. The van der Waals surface area contributed by atoms with Gasteiger partial charge in [0.05, 0.1) is 25.9 Å². The zero-order chi connectivity index (χ0) is 15.1.